The summed E-state index contributed by atoms with van der Waals surface area (Å²) in [6.45, 7) is 1.54. The Balaban J connectivity index is 1.70. The minimum absolute atomic E-state index is 0.0517. The van der Waals surface area contributed by atoms with Crippen LogP contribution in [0.5, 0.6) is 5.88 Å². The van der Waals surface area contributed by atoms with Gasteiger partial charge < -0.3 is 34.7 Å². The number of ketones is 1. The lowest BCUT2D eigenvalue weighted by atomic mass is 9.92. The third kappa shape index (κ3) is 7.62. The summed E-state index contributed by atoms with van der Waals surface area (Å²) in [6.07, 6.45) is 1.85. The molecule has 0 saturated heterocycles. The fourth-order valence-corrected chi connectivity index (χ4v) is 3.85. The lowest BCUT2D eigenvalue weighted by Gasteiger charge is -2.26. The van der Waals surface area contributed by atoms with E-state index in [9.17, 15) is 19.2 Å². The summed E-state index contributed by atoms with van der Waals surface area (Å²) in [5.41, 5.74) is 0.430. The lowest BCUT2D eigenvalue weighted by Crippen LogP contribution is -2.58. The van der Waals surface area contributed by atoms with Gasteiger partial charge in [0.15, 0.2) is 5.78 Å². The van der Waals surface area contributed by atoms with E-state index in [-0.39, 0.29) is 30.6 Å². The molecule has 0 unspecified atom stereocenters. The number of rotatable bonds is 15. The van der Waals surface area contributed by atoms with E-state index in [2.05, 4.69) is 21.1 Å². The number of carbonyl (C=O) groups is 4. The number of aromatic nitrogens is 1. The van der Waals surface area contributed by atoms with Gasteiger partial charge in [0.05, 0.1) is 32.4 Å². The number of carbonyl (C=O) groups excluding carboxylic acids is 4. The Morgan fingerprint density at radius 3 is 2.03 bits per heavy atom. The minimum atomic E-state index is -1.16. The number of amides is 3. The standard InChI is InChI=1S/C26H34N4O8/c1-26(10-11-26)22(31)17(12-16-8-6-5-7-9-16)27-23(32)18(14-35-2)28-24(33)19(15-36-3)29-25(34)20-13-21(37-4)30-38-20/h5-9,13,17-19H,10-12,14-15H2,1-4H3,(H,27,32)(H,28,33)(H,29,34)/t17-,18-,19-/m0/s1. The highest BCUT2D eigenvalue weighted by Crippen LogP contribution is 2.46. The monoisotopic (exact) mass is 530 g/mol. The summed E-state index contributed by atoms with van der Waals surface area (Å²) >= 11 is 0. The molecule has 0 bridgehead atoms. The van der Waals surface area contributed by atoms with Crippen molar-refractivity contribution in [3.05, 3.63) is 47.7 Å². The molecule has 0 aliphatic heterocycles. The van der Waals surface area contributed by atoms with Gasteiger partial charge in [0.2, 0.25) is 17.6 Å². The van der Waals surface area contributed by atoms with E-state index >= 15 is 0 Å². The largest absolute Gasteiger partial charge is 0.479 e. The molecule has 0 spiro atoms. The molecule has 1 aliphatic carbocycles. The SMILES string of the molecule is COC[C@H](NC(=O)c1cc(OC)no1)C(=O)N[C@@H](COC)C(=O)N[C@@H](Cc1ccccc1)C(=O)C1(C)CC1. The van der Waals surface area contributed by atoms with Crippen LogP contribution in [0.1, 0.15) is 35.9 Å². The molecular weight excluding hydrogens is 496 g/mol. The Bertz CT molecular complexity index is 1120. The van der Waals surface area contributed by atoms with E-state index in [4.69, 9.17) is 18.7 Å². The molecule has 0 radical (unpaired) electrons. The normalized spacial score (nSPS) is 16.0. The van der Waals surface area contributed by atoms with Crippen LogP contribution < -0.4 is 20.7 Å². The molecule has 1 aliphatic rings. The Morgan fingerprint density at radius 2 is 1.50 bits per heavy atom. The van der Waals surface area contributed by atoms with Crippen molar-refractivity contribution in [3.8, 4) is 5.88 Å². The van der Waals surface area contributed by atoms with Crippen molar-refractivity contribution in [3.63, 3.8) is 0 Å². The molecular formula is C26H34N4O8. The van der Waals surface area contributed by atoms with E-state index < -0.39 is 41.3 Å². The smallest absolute Gasteiger partial charge is 0.290 e. The molecule has 3 rings (SSSR count). The van der Waals surface area contributed by atoms with Crippen molar-refractivity contribution in [2.45, 2.75) is 44.3 Å². The Labute approximate surface area is 220 Å². The third-order valence-corrected chi connectivity index (χ3v) is 6.35. The molecule has 38 heavy (non-hydrogen) atoms. The molecule has 12 heteroatoms. The first-order valence-electron chi connectivity index (χ1n) is 12.2. The van der Waals surface area contributed by atoms with Gasteiger partial charge in [-0.25, -0.2) is 0 Å². The maximum atomic E-state index is 13.3. The Hall–Kier alpha value is -3.77. The molecule has 1 heterocycles. The Morgan fingerprint density at radius 1 is 0.921 bits per heavy atom. The van der Waals surface area contributed by atoms with Crippen molar-refractivity contribution in [1.82, 2.24) is 21.1 Å². The third-order valence-electron chi connectivity index (χ3n) is 6.35. The summed E-state index contributed by atoms with van der Waals surface area (Å²) in [5.74, 6) is -2.12. The van der Waals surface area contributed by atoms with Crippen molar-refractivity contribution in [1.29, 1.82) is 0 Å². The summed E-state index contributed by atoms with van der Waals surface area (Å²) in [4.78, 5) is 52.1. The number of nitrogens with one attached hydrogen (secondary N) is 3. The number of ether oxygens (including phenoxy) is 3. The molecule has 206 valence electrons. The average Bonchev–Trinajstić information content (AvgIpc) is 3.47. The van der Waals surface area contributed by atoms with Gasteiger partial charge in [-0.3, -0.25) is 19.2 Å². The molecule has 3 N–H and O–H groups in total. The van der Waals surface area contributed by atoms with Gasteiger partial charge in [-0.1, -0.05) is 37.3 Å². The van der Waals surface area contributed by atoms with Crippen molar-refractivity contribution in [2.24, 2.45) is 5.41 Å². The zero-order valence-corrected chi connectivity index (χ0v) is 21.9. The summed E-state index contributed by atoms with van der Waals surface area (Å²) in [7, 11) is 4.11. The molecule has 12 nitrogen and oxygen atoms in total. The predicted octanol–water partition coefficient (Wildman–Crippen LogP) is 0.656. The molecule has 1 aromatic heterocycles. The molecule has 2 aromatic rings. The molecule has 1 saturated carbocycles. The number of hydrogen-bond donors (Lipinski definition) is 3. The summed E-state index contributed by atoms with van der Waals surface area (Å²) < 4.78 is 20.0. The van der Waals surface area contributed by atoms with Crippen LogP contribution >= 0.6 is 0 Å². The second-order valence-corrected chi connectivity index (χ2v) is 9.41. The number of hydrogen-bond acceptors (Lipinski definition) is 9. The summed E-state index contributed by atoms with van der Waals surface area (Å²) in [6, 6.07) is 7.58. The fourth-order valence-electron chi connectivity index (χ4n) is 3.85. The van der Waals surface area contributed by atoms with Gasteiger partial charge in [-0.05, 0) is 30.0 Å². The number of benzene rings is 1. The van der Waals surface area contributed by atoms with Crippen molar-refractivity contribution < 1.29 is 37.9 Å². The average molecular weight is 531 g/mol. The van der Waals surface area contributed by atoms with Gasteiger partial charge >= 0.3 is 0 Å². The van der Waals surface area contributed by atoms with Crippen LogP contribution in [-0.4, -0.2) is 81.3 Å². The predicted molar refractivity (Wildman–Crippen MR) is 134 cm³/mol. The van der Waals surface area contributed by atoms with Gasteiger partial charge in [-0.15, -0.1) is 0 Å². The van der Waals surface area contributed by atoms with Crippen LogP contribution in [-0.2, 0) is 30.3 Å². The fraction of sp³-hybridized carbons (Fsp3) is 0.500. The second kappa shape index (κ2) is 13.2. The molecule has 1 fully saturated rings. The van der Waals surface area contributed by atoms with E-state index in [1.165, 1.54) is 27.4 Å². The highest BCUT2D eigenvalue weighted by atomic mass is 16.5. The summed E-state index contributed by atoms with van der Waals surface area (Å²) in [5, 5.41) is 11.4. The molecule has 3 atom stereocenters. The van der Waals surface area contributed by atoms with Crippen molar-refractivity contribution in [2.75, 3.05) is 34.5 Å². The van der Waals surface area contributed by atoms with Crippen molar-refractivity contribution >= 4 is 23.5 Å². The second-order valence-electron chi connectivity index (χ2n) is 9.41. The van der Waals surface area contributed by atoms with E-state index in [0.717, 1.165) is 18.4 Å². The van der Waals surface area contributed by atoms with Crippen LogP contribution in [0.15, 0.2) is 40.9 Å². The first-order valence-corrected chi connectivity index (χ1v) is 12.2. The van der Waals surface area contributed by atoms with Gasteiger partial charge in [0.25, 0.3) is 11.8 Å². The zero-order valence-electron chi connectivity index (χ0n) is 21.9. The molecule has 3 amide bonds. The lowest BCUT2D eigenvalue weighted by molar-refractivity contribution is -0.134. The number of Topliss-reactive ketones (excluding diaryl/α,β-unsaturated/α-hetero) is 1. The van der Waals surface area contributed by atoms with Gasteiger partial charge in [0.1, 0.15) is 12.1 Å². The molecule has 1 aromatic carbocycles. The Kier molecular flexibility index (Phi) is 9.97. The van der Waals surface area contributed by atoms with Crippen LogP contribution in [0.3, 0.4) is 0 Å². The van der Waals surface area contributed by atoms with Crippen LogP contribution in [0.25, 0.3) is 0 Å². The van der Waals surface area contributed by atoms with E-state index in [1.807, 2.05) is 37.3 Å². The minimum Gasteiger partial charge on any atom is -0.479 e. The van der Waals surface area contributed by atoms with E-state index in [0.29, 0.717) is 6.42 Å². The highest BCUT2D eigenvalue weighted by Gasteiger charge is 2.48. The van der Waals surface area contributed by atoms with Crippen LogP contribution in [0.4, 0.5) is 0 Å². The highest BCUT2D eigenvalue weighted by molar-refractivity contribution is 5.98. The first kappa shape index (κ1) is 28.8. The number of nitrogens with zero attached hydrogens (tertiary/aromatic N) is 1. The van der Waals surface area contributed by atoms with E-state index in [1.54, 1.807) is 0 Å². The maximum Gasteiger partial charge on any atom is 0.290 e. The topological polar surface area (TPSA) is 158 Å². The maximum absolute atomic E-state index is 13.3. The van der Waals surface area contributed by atoms with Crippen LogP contribution in [0, 0.1) is 5.41 Å². The zero-order chi connectivity index (χ0) is 27.7. The van der Waals surface area contributed by atoms with Gasteiger partial charge in [-0.2, -0.15) is 0 Å². The quantitative estimate of drug-likeness (QED) is 0.301. The van der Waals surface area contributed by atoms with Gasteiger partial charge in [0, 0.05) is 19.6 Å². The first-order chi connectivity index (χ1) is 18.2. The van der Waals surface area contributed by atoms with Crippen LogP contribution in [0.2, 0.25) is 0 Å². The number of methoxy groups -OCH3 is 3.